The Morgan fingerprint density at radius 3 is 3.00 bits per heavy atom. The molecular weight excluding hydrogens is 225 g/mol. The average molecular weight is 240 g/mol. The summed E-state index contributed by atoms with van der Waals surface area (Å²) >= 11 is 5.85. The molecule has 0 radical (unpaired) electrons. The third kappa shape index (κ3) is 1.40. The number of benzene rings is 1. The summed E-state index contributed by atoms with van der Waals surface area (Å²) in [4.78, 5) is 2.46. The second kappa shape index (κ2) is 3.44. The maximum absolute atomic E-state index is 13.1. The van der Waals surface area contributed by atoms with Gasteiger partial charge in [-0.3, -0.25) is 0 Å². The van der Waals surface area contributed by atoms with Gasteiger partial charge in [0.15, 0.2) is 0 Å². The Kier molecular flexibility index (Phi) is 2.27. The Labute approximate surface area is 100 Å². The van der Waals surface area contributed by atoms with Gasteiger partial charge >= 0.3 is 0 Å². The Morgan fingerprint density at radius 1 is 1.56 bits per heavy atom. The topological polar surface area (TPSA) is 3.24 Å². The summed E-state index contributed by atoms with van der Waals surface area (Å²) in [5, 5.41) is 0.257. The van der Waals surface area contributed by atoms with Crippen LogP contribution in [0.4, 0.5) is 4.39 Å². The van der Waals surface area contributed by atoms with Gasteiger partial charge in [0.05, 0.1) is 5.02 Å². The van der Waals surface area contributed by atoms with Gasteiger partial charge in [-0.2, -0.15) is 0 Å². The van der Waals surface area contributed by atoms with Crippen LogP contribution in [0.2, 0.25) is 5.02 Å². The normalized spacial score (nSPS) is 32.8. The lowest BCUT2D eigenvalue weighted by molar-refractivity contribution is 0.314. The van der Waals surface area contributed by atoms with E-state index in [1.807, 2.05) is 12.1 Å². The highest BCUT2D eigenvalue weighted by Gasteiger charge is 2.60. The van der Waals surface area contributed by atoms with Crippen molar-refractivity contribution in [2.45, 2.75) is 18.8 Å². The quantitative estimate of drug-likeness (QED) is 0.767. The molecule has 1 aliphatic heterocycles. The van der Waals surface area contributed by atoms with Gasteiger partial charge < -0.3 is 4.90 Å². The van der Waals surface area contributed by atoms with E-state index in [2.05, 4.69) is 11.8 Å². The zero-order chi connectivity index (χ0) is 11.3. The van der Waals surface area contributed by atoms with E-state index in [0.717, 1.165) is 19.0 Å². The van der Waals surface area contributed by atoms with E-state index in [1.54, 1.807) is 0 Å². The van der Waals surface area contributed by atoms with Gasteiger partial charge in [-0.05, 0) is 36.6 Å². The van der Waals surface area contributed by atoms with Crippen LogP contribution in [0, 0.1) is 11.7 Å². The lowest BCUT2D eigenvalue weighted by atomic mass is 9.95. The largest absolute Gasteiger partial charge is 0.302 e. The molecule has 3 rings (SSSR count). The molecule has 1 nitrogen and oxygen atoms in total. The van der Waals surface area contributed by atoms with E-state index in [1.165, 1.54) is 24.6 Å². The van der Waals surface area contributed by atoms with Crippen LogP contribution in [-0.4, -0.2) is 24.5 Å². The number of fused-ring (bicyclic) bond motifs is 1. The molecule has 0 N–H and O–H groups in total. The van der Waals surface area contributed by atoms with E-state index in [4.69, 9.17) is 11.6 Å². The second-order valence-corrected chi connectivity index (χ2v) is 5.42. The number of hydrogen-bond donors (Lipinski definition) is 0. The Morgan fingerprint density at radius 2 is 2.38 bits per heavy atom. The Hall–Kier alpha value is -0.600. The number of halogens is 2. The molecule has 2 fully saturated rings. The van der Waals surface area contributed by atoms with Gasteiger partial charge in [0.2, 0.25) is 0 Å². The lowest BCUT2D eigenvalue weighted by Crippen LogP contribution is -2.26. The zero-order valence-electron chi connectivity index (χ0n) is 9.34. The van der Waals surface area contributed by atoms with Crippen LogP contribution in [0.15, 0.2) is 18.2 Å². The van der Waals surface area contributed by atoms with Crippen LogP contribution in [0.1, 0.15) is 18.9 Å². The maximum Gasteiger partial charge on any atom is 0.141 e. The van der Waals surface area contributed by atoms with Crippen LogP contribution in [0.3, 0.4) is 0 Å². The van der Waals surface area contributed by atoms with Crippen molar-refractivity contribution in [2.24, 2.45) is 5.92 Å². The third-order valence-corrected chi connectivity index (χ3v) is 4.45. The van der Waals surface area contributed by atoms with Gasteiger partial charge in [0.1, 0.15) is 5.82 Å². The fourth-order valence-electron chi connectivity index (χ4n) is 3.08. The molecule has 2 aliphatic rings. The molecular formula is C13H15ClFN. The molecule has 2 atom stereocenters. The molecule has 1 saturated heterocycles. The first kappa shape index (κ1) is 10.5. The monoisotopic (exact) mass is 239 g/mol. The average Bonchev–Trinajstić information content (AvgIpc) is 2.86. The molecule has 0 amide bonds. The summed E-state index contributed by atoms with van der Waals surface area (Å²) in [6.45, 7) is 5.59. The Bertz CT molecular complexity index is 434. The molecule has 1 aromatic rings. The minimum absolute atomic E-state index is 0.257. The van der Waals surface area contributed by atoms with Gasteiger partial charge in [-0.15, -0.1) is 0 Å². The van der Waals surface area contributed by atoms with Crippen LogP contribution in [-0.2, 0) is 5.41 Å². The van der Waals surface area contributed by atoms with E-state index in [9.17, 15) is 4.39 Å². The van der Waals surface area contributed by atoms with E-state index >= 15 is 0 Å². The number of likely N-dealkylation sites (N-methyl/N-ethyl adjacent to an activating group) is 1. The first-order chi connectivity index (χ1) is 7.65. The minimum Gasteiger partial charge on any atom is -0.302 e. The standard InChI is InChI=1S/C13H15ClFN/c1-2-16-7-10-6-13(10,8-16)9-3-4-12(15)11(14)5-9/h3-5,10H,2,6-8H2,1H3. The molecule has 1 heterocycles. The molecule has 2 unspecified atom stereocenters. The van der Waals surface area contributed by atoms with Crippen molar-refractivity contribution in [3.8, 4) is 0 Å². The summed E-state index contributed by atoms with van der Waals surface area (Å²) in [7, 11) is 0. The van der Waals surface area contributed by atoms with Crippen molar-refractivity contribution in [3.63, 3.8) is 0 Å². The summed E-state index contributed by atoms with van der Waals surface area (Å²) in [6, 6.07) is 5.22. The van der Waals surface area contributed by atoms with E-state index in [0.29, 0.717) is 0 Å². The molecule has 86 valence electrons. The van der Waals surface area contributed by atoms with Crippen molar-refractivity contribution in [1.29, 1.82) is 0 Å². The van der Waals surface area contributed by atoms with Crippen LogP contribution >= 0.6 is 11.6 Å². The molecule has 0 bridgehead atoms. The first-order valence-corrected chi connectivity index (χ1v) is 6.21. The summed E-state index contributed by atoms with van der Waals surface area (Å²) < 4.78 is 13.1. The van der Waals surface area contributed by atoms with Crippen molar-refractivity contribution >= 4 is 11.6 Å². The third-order valence-electron chi connectivity index (χ3n) is 4.16. The van der Waals surface area contributed by atoms with Gasteiger partial charge in [-0.1, -0.05) is 24.6 Å². The number of likely N-dealkylation sites (tertiary alicyclic amines) is 1. The molecule has 1 aliphatic carbocycles. The summed E-state index contributed by atoms with van der Waals surface area (Å²) in [5.74, 6) is 0.443. The summed E-state index contributed by atoms with van der Waals surface area (Å²) in [6.07, 6.45) is 1.24. The first-order valence-electron chi connectivity index (χ1n) is 5.83. The smallest absolute Gasteiger partial charge is 0.141 e. The van der Waals surface area contributed by atoms with Crippen molar-refractivity contribution in [3.05, 3.63) is 34.6 Å². The predicted octanol–water partition coefficient (Wildman–Crippen LogP) is 3.07. The van der Waals surface area contributed by atoms with Crippen molar-refractivity contribution in [2.75, 3.05) is 19.6 Å². The molecule has 16 heavy (non-hydrogen) atoms. The SMILES string of the molecule is CCN1CC2CC2(c2ccc(F)c(Cl)c2)C1. The van der Waals surface area contributed by atoms with E-state index < -0.39 is 0 Å². The molecule has 0 spiro atoms. The predicted molar refractivity (Wildman–Crippen MR) is 63.3 cm³/mol. The fraction of sp³-hybridized carbons (Fsp3) is 0.538. The van der Waals surface area contributed by atoms with Crippen LogP contribution in [0.25, 0.3) is 0 Å². The molecule has 0 aromatic heterocycles. The zero-order valence-corrected chi connectivity index (χ0v) is 10.1. The second-order valence-electron chi connectivity index (χ2n) is 5.01. The number of nitrogens with zero attached hydrogens (tertiary/aromatic N) is 1. The number of piperidine rings is 1. The highest BCUT2D eigenvalue weighted by molar-refractivity contribution is 6.30. The Balaban J connectivity index is 1.91. The van der Waals surface area contributed by atoms with Crippen molar-refractivity contribution < 1.29 is 4.39 Å². The molecule has 3 heteroatoms. The molecule has 1 aromatic carbocycles. The highest BCUT2D eigenvalue weighted by atomic mass is 35.5. The molecule has 1 saturated carbocycles. The van der Waals surface area contributed by atoms with Gasteiger partial charge in [-0.25, -0.2) is 4.39 Å². The number of rotatable bonds is 2. The van der Waals surface area contributed by atoms with Gasteiger partial charge in [0.25, 0.3) is 0 Å². The lowest BCUT2D eigenvalue weighted by Gasteiger charge is -2.19. The maximum atomic E-state index is 13.1. The minimum atomic E-state index is -0.315. The highest BCUT2D eigenvalue weighted by Crippen LogP contribution is 2.59. The van der Waals surface area contributed by atoms with Crippen molar-refractivity contribution in [1.82, 2.24) is 4.90 Å². The van der Waals surface area contributed by atoms with Crippen LogP contribution < -0.4 is 0 Å². The summed E-state index contributed by atoms with van der Waals surface area (Å²) in [5.41, 5.74) is 1.51. The van der Waals surface area contributed by atoms with Crippen LogP contribution in [0.5, 0.6) is 0 Å². The number of hydrogen-bond acceptors (Lipinski definition) is 1. The van der Waals surface area contributed by atoms with Gasteiger partial charge in [0, 0.05) is 18.5 Å². The fourth-order valence-corrected chi connectivity index (χ4v) is 3.26. The van der Waals surface area contributed by atoms with E-state index in [-0.39, 0.29) is 16.3 Å².